The van der Waals surface area contributed by atoms with E-state index in [0.717, 1.165) is 28.8 Å². The van der Waals surface area contributed by atoms with Gasteiger partial charge in [-0.2, -0.15) is 0 Å². The Hall–Kier alpha value is -2.92. The second-order valence-electron chi connectivity index (χ2n) is 6.46. The lowest BCUT2D eigenvalue weighted by atomic mass is 10.1. The van der Waals surface area contributed by atoms with Gasteiger partial charge in [0, 0.05) is 17.9 Å². The molecule has 0 aliphatic rings. The second kappa shape index (κ2) is 8.85. The molecule has 5 heteroatoms. The van der Waals surface area contributed by atoms with Gasteiger partial charge in [0.25, 0.3) is 0 Å². The number of rotatable bonds is 7. The molecule has 28 heavy (non-hydrogen) atoms. The third kappa shape index (κ3) is 4.49. The Morgan fingerprint density at radius 2 is 1.39 bits per heavy atom. The molecule has 3 aromatic carbocycles. The number of hydrogen-bond donors (Lipinski definition) is 0. The van der Waals surface area contributed by atoms with Crippen LogP contribution in [-0.4, -0.2) is 20.5 Å². The summed E-state index contributed by atoms with van der Waals surface area (Å²) in [6, 6.07) is 27.1. The maximum atomic E-state index is 13.4. The Balaban J connectivity index is 1.59. The summed E-state index contributed by atoms with van der Waals surface area (Å²) in [6.45, 7) is 0. The predicted octanol–water partition coefficient (Wildman–Crippen LogP) is 5.33. The fraction of sp³-hybridized carbons (Fsp3) is 0.130. The molecule has 4 aromatic rings. The van der Waals surface area contributed by atoms with E-state index in [1.165, 1.54) is 23.3 Å². The van der Waals surface area contributed by atoms with Crippen molar-refractivity contribution in [3.63, 3.8) is 0 Å². The zero-order chi connectivity index (χ0) is 19.2. The first-order valence-corrected chi connectivity index (χ1v) is 10.2. The molecule has 1 aromatic heterocycles. The molecule has 0 amide bonds. The standard InChI is InChI=1S/C23H20FN3S/c24-20-11-13-21(14-12-20)27-22(17-19-9-5-2-6-10-19)25-26-23(27)28-16-15-18-7-3-1-4-8-18/h1-14H,15-17H2. The fourth-order valence-electron chi connectivity index (χ4n) is 3.04. The number of hydrogen-bond acceptors (Lipinski definition) is 3. The summed E-state index contributed by atoms with van der Waals surface area (Å²) in [6.07, 6.45) is 1.63. The molecule has 0 aliphatic heterocycles. The molecule has 0 spiro atoms. The lowest BCUT2D eigenvalue weighted by Gasteiger charge is -2.10. The van der Waals surface area contributed by atoms with E-state index in [2.05, 4.69) is 46.6 Å². The summed E-state index contributed by atoms with van der Waals surface area (Å²) in [4.78, 5) is 0. The van der Waals surface area contributed by atoms with Gasteiger partial charge in [-0.3, -0.25) is 4.57 Å². The van der Waals surface area contributed by atoms with E-state index in [9.17, 15) is 4.39 Å². The van der Waals surface area contributed by atoms with Gasteiger partial charge in [0.1, 0.15) is 11.6 Å². The molecule has 0 fully saturated rings. The Morgan fingerprint density at radius 1 is 0.750 bits per heavy atom. The SMILES string of the molecule is Fc1ccc(-n2c(Cc3ccccc3)nnc2SCCc2ccccc2)cc1. The number of halogens is 1. The van der Waals surface area contributed by atoms with Gasteiger partial charge in [-0.15, -0.1) is 10.2 Å². The molecule has 0 unspecified atom stereocenters. The van der Waals surface area contributed by atoms with Crippen molar-refractivity contribution in [1.29, 1.82) is 0 Å². The zero-order valence-electron chi connectivity index (χ0n) is 15.3. The van der Waals surface area contributed by atoms with Crippen LogP contribution in [-0.2, 0) is 12.8 Å². The Labute approximate surface area is 168 Å². The molecule has 0 bridgehead atoms. The lowest BCUT2D eigenvalue weighted by molar-refractivity contribution is 0.627. The average molecular weight is 389 g/mol. The fourth-order valence-corrected chi connectivity index (χ4v) is 4.00. The van der Waals surface area contributed by atoms with Crippen LogP contribution in [0, 0.1) is 5.82 Å². The van der Waals surface area contributed by atoms with Gasteiger partial charge in [0.05, 0.1) is 0 Å². The molecular weight excluding hydrogens is 369 g/mol. The highest BCUT2D eigenvalue weighted by atomic mass is 32.2. The third-order valence-electron chi connectivity index (χ3n) is 4.45. The second-order valence-corrected chi connectivity index (χ2v) is 7.52. The molecule has 0 aliphatic carbocycles. The topological polar surface area (TPSA) is 30.7 Å². The number of aromatic nitrogens is 3. The van der Waals surface area contributed by atoms with Crippen molar-refractivity contribution >= 4 is 11.8 Å². The van der Waals surface area contributed by atoms with Gasteiger partial charge in [-0.1, -0.05) is 72.4 Å². The highest BCUT2D eigenvalue weighted by Crippen LogP contribution is 2.24. The van der Waals surface area contributed by atoms with E-state index in [1.807, 2.05) is 28.8 Å². The summed E-state index contributed by atoms with van der Waals surface area (Å²) in [5.41, 5.74) is 3.34. The summed E-state index contributed by atoms with van der Waals surface area (Å²) < 4.78 is 15.5. The van der Waals surface area contributed by atoms with Gasteiger partial charge < -0.3 is 0 Å². The summed E-state index contributed by atoms with van der Waals surface area (Å²) >= 11 is 1.67. The minimum absolute atomic E-state index is 0.250. The first-order valence-electron chi connectivity index (χ1n) is 9.20. The van der Waals surface area contributed by atoms with Crippen molar-refractivity contribution in [2.45, 2.75) is 18.0 Å². The van der Waals surface area contributed by atoms with E-state index < -0.39 is 0 Å². The summed E-state index contributed by atoms with van der Waals surface area (Å²) in [5, 5.41) is 9.69. The highest BCUT2D eigenvalue weighted by molar-refractivity contribution is 7.99. The molecule has 0 N–H and O–H groups in total. The highest BCUT2D eigenvalue weighted by Gasteiger charge is 2.15. The van der Waals surface area contributed by atoms with Crippen molar-refractivity contribution in [2.24, 2.45) is 0 Å². The van der Waals surface area contributed by atoms with Crippen LogP contribution in [0.1, 0.15) is 17.0 Å². The van der Waals surface area contributed by atoms with Crippen LogP contribution < -0.4 is 0 Å². The van der Waals surface area contributed by atoms with Crippen LogP contribution >= 0.6 is 11.8 Å². The van der Waals surface area contributed by atoms with Crippen molar-refractivity contribution in [3.05, 3.63) is 108 Å². The van der Waals surface area contributed by atoms with Crippen molar-refractivity contribution in [1.82, 2.24) is 14.8 Å². The smallest absolute Gasteiger partial charge is 0.195 e. The molecule has 4 rings (SSSR count). The molecular formula is C23H20FN3S. The van der Waals surface area contributed by atoms with Crippen LogP contribution in [0.3, 0.4) is 0 Å². The van der Waals surface area contributed by atoms with Crippen molar-refractivity contribution < 1.29 is 4.39 Å². The number of aryl methyl sites for hydroxylation is 1. The third-order valence-corrected chi connectivity index (χ3v) is 5.39. The normalized spacial score (nSPS) is 10.9. The van der Waals surface area contributed by atoms with Crippen LogP contribution in [0.4, 0.5) is 4.39 Å². The maximum absolute atomic E-state index is 13.4. The van der Waals surface area contributed by atoms with Gasteiger partial charge in [0.15, 0.2) is 5.16 Å². The quantitative estimate of drug-likeness (QED) is 0.400. The lowest BCUT2D eigenvalue weighted by Crippen LogP contribution is -2.04. The molecule has 0 saturated carbocycles. The Morgan fingerprint density at radius 3 is 2.07 bits per heavy atom. The minimum atomic E-state index is -0.250. The number of thioether (sulfide) groups is 1. The molecule has 1 heterocycles. The minimum Gasteiger partial charge on any atom is -0.274 e. The van der Waals surface area contributed by atoms with E-state index in [1.54, 1.807) is 23.9 Å². The van der Waals surface area contributed by atoms with Gasteiger partial charge in [-0.25, -0.2) is 4.39 Å². The number of nitrogens with zero attached hydrogens (tertiary/aromatic N) is 3. The zero-order valence-corrected chi connectivity index (χ0v) is 16.1. The maximum Gasteiger partial charge on any atom is 0.195 e. The summed E-state index contributed by atoms with van der Waals surface area (Å²) in [7, 11) is 0. The van der Waals surface area contributed by atoms with Crippen LogP contribution in [0.2, 0.25) is 0 Å². The van der Waals surface area contributed by atoms with Crippen LogP contribution in [0.5, 0.6) is 0 Å². The van der Waals surface area contributed by atoms with Crippen molar-refractivity contribution in [2.75, 3.05) is 5.75 Å². The molecule has 3 nitrogen and oxygen atoms in total. The molecule has 0 atom stereocenters. The molecule has 0 radical (unpaired) electrons. The molecule has 140 valence electrons. The first-order chi connectivity index (χ1) is 13.8. The van der Waals surface area contributed by atoms with E-state index in [0.29, 0.717) is 6.42 Å². The van der Waals surface area contributed by atoms with Gasteiger partial charge in [0.2, 0.25) is 0 Å². The Kier molecular flexibility index (Phi) is 5.83. The monoisotopic (exact) mass is 389 g/mol. The Bertz CT molecular complexity index is 1010. The number of benzene rings is 3. The largest absolute Gasteiger partial charge is 0.274 e. The summed E-state index contributed by atoms with van der Waals surface area (Å²) in [5.74, 6) is 1.49. The van der Waals surface area contributed by atoms with E-state index in [4.69, 9.17) is 0 Å². The van der Waals surface area contributed by atoms with Gasteiger partial charge in [-0.05, 0) is 41.8 Å². The molecule has 0 saturated heterocycles. The van der Waals surface area contributed by atoms with Crippen LogP contribution in [0.15, 0.2) is 90.1 Å². The van der Waals surface area contributed by atoms with Gasteiger partial charge >= 0.3 is 0 Å². The average Bonchev–Trinajstić information content (AvgIpc) is 3.12. The van der Waals surface area contributed by atoms with E-state index in [-0.39, 0.29) is 5.82 Å². The van der Waals surface area contributed by atoms with E-state index >= 15 is 0 Å². The predicted molar refractivity (Wildman–Crippen MR) is 111 cm³/mol. The van der Waals surface area contributed by atoms with Crippen LogP contribution in [0.25, 0.3) is 5.69 Å². The van der Waals surface area contributed by atoms with Crippen molar-refractivity contribution in [3.8, 4) is 5.69 Å². The first kappa shape index (κ1) is 18.4.